The molecular formula is C17H27NO3. The second kappa shape index (κ2) is 8.49. The first-order valence-corrected chi connectivity index (χ1v) is 7.94. The Bertz CT molecular complexity index is 424. The Kier molecular flexibility index (Phi) is 6.64. The summed E-state index contributed by atoms with van der Waals surface area (Å²) >= 11 is 0. The van der Waals surface area contributed by atoms with Crippen molar-refractivity contribution in [1.29, 1.82) is 0 Å². The van der Waals surface area contributed by atoms with E-state index in [-0.39, 0.29) is 6.61 Å². The number of nitrogens with zero attached hydrogens (tertiary/aromatic N) is 1. The second-order valence-electron chi connectivity index (χ2n) is 5.64. The number of aryl methyl sites for hydroxylation is 1. The third kappa shape index (κ3) is 4.51. The van der Waals surface area contributed by atoms with E-state index in [1.54, 1.807) is 0 Å². The van der Waals surface area contributed by atoms with Crippen LogP contribution in [0.25, 0.3) is 0 Å². The van der Waals surface area contributed by atoms with Gasteiger partial charge < -0.3 is 14.9 Å². The molecule has 0 aromatic heterocycles. The highest BCUT2D eigenvalue weighted by Crippen LogP contribution is 2.34. The normalized spacial score (nSPS) is 19.5. The van der Waals surface area contributed by atoms with Gasteiger partial charge in [-0.25, -0.2) is 0 Å². The SMILES string of the molecule is CCOCC(O)CN(CCO)C1CCCc2ccccc21. The molecule has 0 bridgehead atoms. The van der Waals surface area contributed by atoms with Crippen molar-refractivity contribution in [2.24, 2.45) is 0 Å². The van der Waals surface area contributed by atoms with Gasteiger partial charge in [-0.05, 0) is 37.3 Å². The summed E-state index contributed by atoms with van der Waals surface area (Å²) in [5.41, 5.74) is 2.75. The van der Waals surface area contributed by atoms with E-state index < -0.39 is 6.10 Å². The van der Waals surface area contributed by atoms with Crippen molar-refractivity contribution in [1.82, 2.24) is 4.90 Å². The molecular weight excluding hydrogens is 266 g/mol. The summed E-state index contributed by atoms with van der Waals surface area (Å²) < 4.78 is 5.29. The molecule has 2 N–H and O–H groups in total. The average molecular weight is 293 g/mol. The molecule has 0 saturated heterocycles. The van der Waals surface area contributed by atoms with Crippen LogP contribution in [0.4, 0.5) is 0 Å². The first-order valence-electron chi connectivity index (χ1n) is 7.94. The molecule has 4 nitrogen and oxygen atoms in total. The highest BCUT2D eigenvalue weighted by atomic mass is 16.5. The highest BCUT2D eigenvalue weighted by molar-refractivity contribution is 5.32. The monoisotopic (exact) mass is 293 g/mol. The van der Waals surface area contributed by atoms with Gasteiger partial charge in [-0.2, -0.15) is 0 Å². The fourth-order valence-corrected chi connectivity index (χ4v) is 3.19. The zero-order valence-electron chi connectivity index (χ0n) is 12.9. The minimum atomic E-state index is -0.509. The summed E-state index contributed by atoms with van der Waals surface area (Å²) in [6.45, 7) is 4.13. The van der Waals surface area contributed by atoms with Crippen molar-refractivity contribution >= 4 is 0 Å². The average Bonchev–Trinajstić information content (AvgIpc) is 2.52. The summed E-state index contributed by atoms with van der Waals surface area (Å²) in [6, 6.07) is 8.82. The fourth-order valence-electron chi connectivity index (χ4n) is 3.19. The third-order valence-corrected chi connectivity index (χ3v) is 4.13. The van der Waals surface area contributed by atoms with Gasteiger partial charge in [0.05, 0.1) is 19.3 Å². The van der Waals surface area contributed by atoms with Gasteiger partial charge in [-0.1, -0.05) is 24.3 Å². The molecule has 2 rings (SSSR count). The van der Waals surface area contributed by atoms with E-state index in [1.165, 1.54) is 11.1 Å². The first-order chi connectivity index (χ1) is 10.3. The summed E-state index contributed by atoms with van der Waals surface area (Å²) in [5, 5.41) is 19.5. The van der Waals surface area contributed by atoms with E-state index in [2.05, 4.69) is 29.2 Å². The third-order valence-electron chi connectivity index (χ3n) is 4.13. The molecule has 0 aliphatic heterocycles. The van der Waals surface area contributed by atoms with Gasteiger partial charge in [-0.15, -0.1) is 0 Å². The summed E-state index contributed by atoms with van der Waals surface area (Å²) in [4.78, 5) is 2.20. The van der Waals surface area contributed by atoms with Crippen LogP contribution in [0.2, 0.25) is 0 Å². The topological polar surface area (TPSA) is 52.9 Å². The molecule has 21 heavy (non-hydrogen) atoms. The van der Waals surface area contributed by atoms with Crippen molar-refractivity contribution in [2.75, 3.05) is 32.9 Å². The predicted molar refractivity (Wildman–Crippen MR) is 83.3 cm³/mol. The molecule has 2 unspecified atom stereocenters. The summed E-state index contributed by atoms with van der Waals surface area (Å²) in [7, 11) is 0. The van der Waals surface area contributed by atoms with Crippen molar-refractivity contribution in [3.05, 3.63) is 35.4 Å². The molecule has 0 fully saturated rings. The fraction of sp³-hybridized carbons (Fsp3) is 0.647. The zero-order valence-corrected chi connectivity index (χ0v) is 12.9. The Morgan fingerprint density at radius 1 is 1.38 bits per heavy atom. The Labute approximate surface area is 127 Å². The van der Waals surface area contributed by atoms with Crippen LogP contribution in [-0.2, 0) is 11.2 Å². The molecule has 0 heterocycles. The molecule has 1 aliphatic rings. The number of hydrogen-bond donors (Lipinski definition) is 2. The lowest BCUT2D eigenvalue weighted by atomic mass is 9.86. The lowest BCUT2D eigenvalue weighted by Crippen LogP contribution is -2.40. The van der Waals surface area contributed by atoms with Crippen LogP contribution in [-0.4, -0.2) is 54.1 Å². The van der Waals surface area contributed by atoms with E-state index in [9.17, 15) is 10.2 Å². The van der Waals surface area contributed by atoms with Crippen molar-refractivity contribution in [3.63, 3.8) is 0 Å². The molecule has 118 valence electrons. The van der Waals surface area contributed by atoms with Crippen LogP contribution < -0.4 is 0 Å². The molecule has 1 aromatic carbocycles. The first kappa shape index (κ1) is 16.4. The van der Waals surface area contributed by atoms with Crippen LogP contribution in [0.3, 0.4) is 0 Å². The number of aliphatic hydroxyl groups excluding tert-OH is 2. The smallest absolute Gasteiger partial charge is 0.0900 e. The number of benzene rings is 1. The molecule has 0 radical (unpaired) electrons. The van der Waals surface area contributed by atoms with E-state index in [1.807, 2.05) is 6.92 Å². The van der Waals surface area contributed by atoms with E-state index in [0.29, 0.717) is 32.3 Å². The predicted octanol–water partition coefficient (Wildman–Crippen LogP) is 1.76. The molecule has 0 spiro atoms. The van der Waals surface area contributed by atoms with Gasteiger partial charge in [0.15, 0.2) is 0 Å². The van der Waals surface area contributed by atoms with Crippen LogP contribution in [0.1, 0.15) is 36.9 Å². The maximum absolute atomic E-state index is 10.1. The Morgan fingerprint density at radius 2 is 2.19 bits per heavy atom. The number of fused-ring (bicyclic) bond motifs is 1. The number of ether oxygens (including phenoxy) is 1. The molecule has 1 aromatic rings. The van der Waals surface area contributed by atoms with Gasteiger partial charge in [0.1, 0.15) is 0 Å². The van der Waals surface area contributed by atoms with Crippen molar-refractivity contribution in [2.45, 2.75) is 38.3 Å². The highest BCUT2D eigenvalue weighted by Gasteiger charge is 2.26. The number of aliphatic hydroxyl groups is 2. The van der Waals surface area contributed by atoms with E-state index >= 15 is 0 Å². The second-order valence-corrected chi connectivity index (χ2v) is 5.64. The maximum Gasteiger partial charge on any atom is 0.0900 e. The van der Waals surface area contributed by atoms with Crippen LogP contribution >= 0.6 is 0 Å². The zero-order chi connectivity index (χ0) is 15.1. The lowest BCUT2D eigenvalue weighted by Gasteiger charge is -2.36. The Balaban J connectivity index is 2.08. The lowest BCUT2D eigenvalue weighted by molar-refractivity contribution is 0.00609. The molecule has 1 aliphatic carbocycles. The summed E-state index contributed by atoms with van der Waals surface area (Å²) in [6.07, 6.45) is 2.86. The Hall–Kier alpha value is -0.940. The standard InChI is InChI=1S/C17H27NO3/c1-2-21-13-15(20)12-18(10-11-19)17-9-5-7-14-6-3-4-8-16(14)17/h3-4,6,8,15,17,19-20H,2,5,7,9-13H2,1H3. The molecule has 4 heteroatoms. The number of hydrogen-bond acceptors (Lipinski definition) is 4. The molecule has 0 saturated carbocycles. The maximum atomic E-state index is 10.1. The molecule has 2 atom stereocenters. The van der Waals surface area contributed by atoms with Gasteiger partial charge >= 0.3 is 0 Å². The van der Waals surface area contributed by atoms with Crippen molar-refractivity contribution < 1.29 is 14.9 Å². The number of rotatable bonds is 8. The molecule has 0 amide bonds. The van der Waals surface area contributed by atoms with Crippen molar-refractivity contribution in [3.8, 4) is 0 Å². The van der Waals surface area contributed by atoms with Crippen LogP contribution in [0.15, 0.2) is 24.3 Å². The van der Waals surface area contributed by atoms with Gasteiger partial charge in [-0.3, -0.25) is 4.90 Å². The quantitative estimate of drug-likeness (QED) is 0.767. The largest absolute Gasteiger partial charge is 0.395 e. The van der Waals surface area contributed by atoms with E-state index in [0.717, 1.165) is 19.3 Å². The van der Waals surface area contributed by atoms with E-state index in [4.69, 9.17) is 4.74 Å². The minimum absolute atomic E-state index is 0.111. The van der Waals surface area contributed by atoms with Gasteiger partial charge in [0.2, 0.25) is 0 Å². The van der Waals surface area contributed by atoms with Crippen LogP contribution in [0, 0.1) is 0 Å². The van der Waals surface area contributed by atoms with Crippen LogP contribution in [0.5, 0.6) is 0 Å². The Morgan fingerprint density at radius 3 is 2.95 bits per heavy atom. The minimum Gasteiger partial charge on any atom is -0.395 e. The summed E-state index contributed by atoms with van der Waals surface area (Å²) in [5.74, 6) is 0. The van der Waals surface area contributed by atoms with Gasteiger partial charge in [0.25, 0.3) is 0 Å². The van der Waals surface area contributed by atoms with Gasteiger partial charge in [0, 0.05) is 25.7 Å².